The summed E-state index contributed by atoms with van der Waals surface area (Å²) in [4.78, 5) is 0. The first-order valence-corrected chi connectivity index (χ1v) is 16.5. The molecule has 0 aliphatic rings. The second-order valence-electron chi connectivity index (χ2n) is 9.30. The molecule has 0 amide bonds. The van der Waals surface area contributed by atoms with Crippen molar-refractivity contribution in [1.29, 1.82) is 0 Å². The standard InChI is InChI=1S/C34H26O8P2/c35-43(37-27-15-5-1-6-16-27,38-28-17-7-2-8-18-28)41-33-25-26-34(32-24-14-13-23-31(32)33)42-44(36,39-29-19-9-3-10-20-29)40-30-21-11-4-12-22-30/h1-26H. The highest BCUT2D eigenvalue weighted by molar-refractivity contribution is 7.50. The first-order valence-electron chi connectivity index (χ1n) is 13.6. The summed E-state index contributed by atoms with van der Waals surface area (Å²) in [6.07, 6.45) is 0. The minimum Gasteiger partial charge on any atom is -0.386 e. The van der Waals surface area contributed by atoms with E-state index in [1.165, 1.54) is 12.1 Å². The average molecular weight is 625 g/mol. The molecule has 0 heterocycles. The number of hydrogen-bond donors (Lipinski definition) is 0. The average Bonchev–Trinajstić information content (AvgIpc) is 3.04. The Kier molecular flexibility index (Phi) is 8.55. The van der Waals surface area contributed by atoms with Crippen LogP contribution in [0.15, 0.2) is 158 Å². The number of phosphoric ester groups is 2. The van der Waals surface area contributed by atoms with Crippen LogP contribution in [-0.2, 0) is 9.13 Å². The van der Waals surface area contributed by atoms with Crippen LogP contribution in [0.3, 0.4) is 0 Å². The Morgan fingerprint density at radius 3 is 0.818 bits per heavy atom. The van der Waals surface area contributed by atoms with E-state index in [1.807, 2.05) is 24.3 Å². The summed E-state index contributed by atoms with van der Waals surface area (Å²) >= 11 is 0. The molecule has 0 aliphatic heterocycles. The van der Waals surface area contributed by atoms with Gasteiger partial charge >= 0.3 is 15.6 Å². The summed E-state index contributed by atoms with van der Waals surface area (Å²) in [5, 5.41) is 0.981. The maximum atomic E-state index is 14.1. The summed E-state index contributed by atoms with van der Waals surface area (Å²) in [7, 11) is -8.56. The van der Waals surface area contributed by atoms with Crippen LogP contribution in [0.5, 0.6) is 34.5 Å². The molecule has 0 fully saturated rings. The predicted molar refractivity (Wildman–Crippen MR) is 169 cm³/mol. The number of para-hydroxylation sites is 4. The summed E-state index contributed by atoms with van der Waals surface area (Å²) in [5.41, 5.74) is 0. The molecule has 6 aromatic rings. The Balaban J connectivity index is 1.35. The van der Waals surface area contributed by atoms with Crippen molar-refractivity contribution < 1.29 is 36.3 Å². The molecule has 10 heteroatoms. The Morgan fingerprint density at radius 1 is 0.295 bits per heavy atom. The van der Waals surface area contributed by atoms with E-state index < -0.39 is 15.6 Å². The van der Waals surface area contributed by atoms with Crippen molar-refractivity contribution in [3.8, 4) is 34.5 Å². The van der Waals surface area contributed by atoms with Crippen LogP contribution in [0.4, 0.5) is 0 Å². The van der Waals surface area contributed by atoms with Gasteiger partial charge in [0.25, 0.3) is 0 Å². The van der Waals surface area contributed by atoms with Gasteiger partial charge in [-0.1, -0.05) is 97.1 Å². The zero-order chi connectivity index (χ0) is 30.2. The second-order valence-corrected chi connectivity index (χ2v) is 12.2. The van der Waals surface area contributed by atoms with Crippen molar-refractivity contribution in [2.75, 3.05) is 0 Å². The number of phosphoric acid groups is 2. The van der Waals surface area contributed by atoms with Crippen molar-refractivity contribution in [3.63, 3.8) is 0 Å². The summed E-state index contributed by atoms with van der Waals surface area (Å²) in [5.74, 6) is 1.57. The van der Waals surface area contributed by atoms with Gasteiger partial charge in [0.1, 0.15) is 34.5 Å². The molecule has 220 valence electrons. The molecule has 0 unspecified atom stereocenters. The molecule has 0 aliphatic carbocycles. The third-order valence-corrected chi connectivity index (χ3v) is 8.68. The van der Waals surface area contributed by atoms with Gasteiger partial charge in [0.2, 0.25) is 0 Å². The Labute approximate surface area is 254 Å². The van der Waals surface area contributed by atoms with Crippen LogP contribution in [-0.4, -0.2) is 0 Å². The third-order valence-electron chi connectivity index (χ3n) is 6.11. The molecular formula is C34H26O8P2. The molecule has 0 bridgehead atoms. The van der Waals surface area contributed by atoms with E-state index in [0.29, 0.717) is 33.8 Å². The smallest absolute Gasteiger partial charge is 0.386 e. The normalized spacial score (nSPS) is 11.4. The van der Waals surface area contributed by atoms with E-state index in [1.54, 1.807) is 121 Å². The van der Waals surface area contributed by atoms with Crippen molar-refractivity contribution in [3.05, 3.63) is 158 Å². The van der Waals surface area contributed by atoms with E-state index >= 15 is 0 Å². The zero-order valence-corrected chi connectivity index (χ0v) is 25.0. The maximum absolute atomic E-state index is 14.1. The monoisotopic (exact) mass is 624 g/mol. The number of fused-ring (bicyclic) bond motifs is 1. The molecule has 0 saturated carbocycles. The lowest BCUT2D eigenvalue weighted by Gasteiger charge is -2.22. The van der Waals surface area contributed by atoms with Crippen molar-refractivity contribution in [2.45, 2.75) is 0 Å². The Bertz CT molecular complexity index is 1690. The molecule has 0 radical (unpaired) electrons. The molecule has 8 nitrogen and oxygen atoms in total. The summed E-state index contributed by atoms with van der Waals surface area (Å²) < 4.78 is 63.4. The lowest BCUT2D eigenvalue weighted by molar-refractivity contribution is 0.295. The maximum Gasteiger partial charge on any atom is 0.647 e. The first kappa shape index (κ1) is 28.9. The Morgan fingerprint density at radius 2 is 0.545 bits per heavy atom. The van der Waals surface area contributed by atoms with Gasteiger partial charge in [0.15, 0.2) is 0 Å². The van der Waals surface area contributed by atoms with Crippen LogP contribution < -0.4 is 27.1 Å². The van der Waals surface area contributed by atoms with Crippen LogP contribution >= 0.6 is 15.6 Å². The van der Waals surface area contributed by atoms with Crippen LogP contribution in [0.25, 0.3) is 10.8 Å². The zero-order valence-electron chi connectivity index (χ0n) is 23.2. The molecule has 44 heavy (non-hydrogen) atoms. The lowest BCUT2D eigenvalue weighted by Crippen LogP contribution is -2.09. The van der Waals surface area contributed by atoms with Crippen LogP contribution in [0.1, 0.15) is 0 Å². The molecule has 6 aromatic carbocycles. The van der Waals surface area contributed by atoms with E-state index in [4.69, 9.17) is 27.1 Å². The van der Waals surface area contributed by atoms with Crippen molar-refractivity contribution in [2.24, 2.45) is 0 Å². The van der Waals surface area contributed by atoms with Gasteiger partial charge in [-0.15, -0.1) is 0 Å². The van der Waals surface area contributed by atoms with E-state index in [-0.39, 0.29) is 11.5 Å². The van der Waals surface area contributed by atoms with Crippen LogP contribution in [0, 0.1) is 0 Å². The topological polar surface area (TPSA) is 89.5 Å². The highest BCUT2D eigenvalue weighted by Gasteiger charge is 2.36. The van der Waals surface area contributed by atoms with E-state index in [9.17, 15) is 9.13 Å². The summed E-state index contributed by atoms with van der Waals surface area (Å²) in [6.45, 7) is 0. The predicted octanol–water partition coefficient (Wildman–Crippen LogP) is 10.1. The lowest BCUT2D eigenvalue weighted by atomic mass is 10.1. The number of rotatable bonds is 12. The molecule has 6 rings (SSSR count). The van der Waals surface area contributed by atoms with Gasteiger partial charge in [-0.25, -0.2) is 0 Å². The number of hydrogen-bond acceptors (Lipinski definition) is 8. The fourth-order valence-corrected chi connectivity index (χ4v) is 6.74. The van der Waals surface area contributed by atoms with Gasteiger partial charge < -0.3 is 27.1 Å². The number of benzene rings is 6. The fourth-order valence-electron chi connectivity index (χ4n) is 4.20. The molecular weight excluding hydrogens is 598 g/mol. The molecule has 0 saturated heterocycles. The van der Waals surface area contributed by atoms with Gasteiger partial charge in [-0.2, -0.15) is 9.13 Å². The molecule has 0 aromatic heterocycles. The highest BCUT2D eigenvalue weighted by Crippen LogP contribution is 2.54. The van der Waals surface area contributed by atoms with Crippen molar-refractivity contribution in [1.82, 2.24) is 0 Å². The molecule has 0 spiro atoms. The minimum atomic E-state index is -4.28. The first-order chi connectivity index (χ1) is 21.5. The quantitative estimate of drug-likeness (QED) is 0.124. The van der Waals surface area contributed by atoms with Gasteiger partial charge in [0, 0.05) is 10.8 Å². The minimum absolute atomic E-state index is 0.186. The molecule has 0 atom stereocenters. The fraction of sp³-hybridized carbons (Fsp3) is 0. The van der Waals surface area contributed by atoms with Gasteiger partial charge in [-0.3, -0.25) is 0 Å². The second kappa shape index (κ2) is 13.0. The van der Waals surface area contributed by atoms with Crippen molar-refractivity contribution >= 4 is 26.4 Å². The van der Waals surface area contributed by atoms with Gasteiger partial charge in [0.05, 0.1) is 0 Å². The molecule has 0 N–H and O–H groups in total. The van der Waals surface area contributed by atoms with Crippen LogP contribution in [0.2, 0.25) is 0 Å². The van der Waals surface area contributed by atoms with E-state index in [2.05, 4.69) is 0 Å². The summed E-state index contributed by atoms with van der Waals surface area (Å²) in [6, 6.07) is 44.5. The van der Waals surface area contributed by atoms with Gasteiger partial charge in [-0.05, 0) is 60.7 Å². The van der Waals surface area contributed by atoms with E-state index in [0.717, 1.165) is 0 Å². The Hall–Kier alpha value is -5.16. The largest absolute Gasteiger partial charge is 0.647 e. The third kappa shape index (κ3) is 7.24. The highest BCUT2D eigenvalue weighted by atomic mass is 31.2. The SMILES string of the molecule is O=P(Oc1ccccc1)(Oc1ccccc1)Oc1ccc(OP(=O)(Oc2ccccc2)Oc2ccccc2)c2ccccc12.